The van der Waals surface area contributed by atoms with E-state index in [0.29, 0.717) is 23.2 Å². The van der Waals surface area contributed by atoms with Gasteiger partial charge in [-0.05, 0) is 49.2 Å². The molecule has 0 saturated carbocycles. The van der Waals surface area contributed by atoms with Gasteiger partial charge in [-0.25, -0.2) is 4.98 Å². The van der Waals surface area contributed by atoms with Gasteiger partial charge < -0.3 is 24.5 Å². The normalized spacial score (nSPS) is 14.6. The van der Waals surface area contributed by atoms with E-state index in [1.807, 2.05) is 18.2 Å². The average Bonchev–Trinajstić information content (AvgIpc) is 3.55. The summed E-state index contributed by atoms with van der Waals surface area (Å²) >= 11 is 0. The highest BCUT2D eigenvalue weighted by molar-refractivity contribution is 5.59. The molecule has 178 valence electrons. The largest absolute Gasteiger partial charge is 0.493 e. The zero-order chi connectivity index (χ0) is 23.5. The lowest BCUT2D eigenvalue weighted by Crippen LogP contribution is -2.47. The molecule has 1 aromatic carbocycles. The van der Waals surface area contributed by atoms with E-state index in [1.165, 1.54) is 5.56 Å². The second-order valence-corrected chi connectivity index (χ2v) is 8.28. The van der Waals surface area contributed by atoms with Crippen LogP contribution in [0, 0.1) is 0 Å². The summed E-state index contributed by atoms with van der Waals surface area (Å²) in [6, 6.07) is 11.7. The predicted molar refractivity (Wildman–Crippen MR) is 129 cm³/mol. The van der Waals surface area contributed by atoms with Crippen molar-refractivity contribution in [3.05, 3.63) is 48.2 Å². The second-order valence-electron chi connectivity index (χ2n) is 8.28. The molecular weight excluding hydrogens is 434 g/mol. The molecule has 0 spiro atoms. The third-order valence-corrected chi connectivity index (χ3v) is 6.16. The minimum atomic E-state index is 0.315. The van der Waals surface area contributed by atoms with E-state index in [1.54, 1.807) is 31.1 Å². The Morgan fingerprint density at radius 3 is 2.56 bits per heavy atom. The molecule has 1 aliphatic rings. The van der Waals surface area contributed by atoms with Crippen LogP contribution in [0.25, 0.3) is 17.2 Å². The van der Waals surface area contributed by atoms with E-state index in [-0.39, 0.29) is 0 Å². The van der Waals surface area contributed by atoms with Crippen molar-refractivity contribution in [3.8, 4) is 23.1 Å². The van der Waals surface area contributed by atoms with Crippen LogP contribution in [0.4, 0.5) is 11.8 Å². The number of furan rings is 1. The van der Waals surface area contributed by atoms with Gasteiger partial charge in [0.05, 0.1) is 20.5 Å². The van der Waals surface area contributed by atoms with Crippen LogP contribution in [-0.2, 0) is 6.42 Å². The van der Waals surface area contributed by atoms with Crippen LogP contribution in [0.15, 0.2) is 47.1 Å². The Morgan fingerprint density at radius 1 is 1.00 bits per heavy atom. The van der Waals surface area contributed by atoms with Gasteiger partial charge in [-0.3, -0.25) is 4.90 Å². The van der Waals surface area contributed by atoms with Crippen molar-refractivity contribution in [2.75, 3.05) is 57.6 Å². The lowest BCUT2D eigenvalue weighted by atomic mass is 10.1. The monoisotopic (exact) mass is 463 g/mol. The number of hydrogen-bond donors (Lipinski definition) is 1. The lowest BCUT2D eigenvalue weighted by Gasteiger charge is -2.35. The Hall–Kier alpha value is -3.79. The van der Waals surface area contributed by atoms with Crippen LogP contribution in [0.2, 0.25) is 0 Å². The molecule has 0 unspecified atom stereocenters. The summed E-state index contributed by atoms with van der Waals surface area (Å²) in [4.78, 5) is 13.9. The van der Waals surface area contributed by atoms with Crippen molar-refractivity contribution >= 4 is 17.4 Å². The number of rotatable bonds is 8. The van der Waals surface area contributed by atoms with Crippen LogP contribution in [0.1, 0.15) is 12.0 Å². The molecule has 5 rings (SSSR count). The molecule has 0 atom stereocenters. The Morgan fingerprint density at radius 2 is 1.82 bits per heavy atom. The summed E-state index contributed by atoms with van der Waals surface area (Å²) in [5.41, 5.74) is 8.10. The molecule has 4 aromatic rings. The standard InChI is InChI=1S/C24H29N7O3/c1-32-18-8-7-17(15-20(18)33-2)5-3-9-29-10-12-30(13-11-29)21-16-22-26-23(19-6-4-14-34-19)28-31(22)24(25)27-21/h4,6-8,14-16H,3,5,9-13H2,1-2H3,(H2,25,27). The highest BCUT2D eigenvalue weighted by Crippen LogP contribution is 2.28. The van der Waals surface area contributed by atoms with Crippen LogP contribution in [0.3, 0.4) is 0 Å². The third kappa shape index (κ3) is 4.49. The van der Waals surface area contributed by atoms with E-state index in [0.717, 1.165) is 62.9 Å². The van der Waals surface area contributed by atoms with Gasteiger partial charge in [-0.15, -0.1) is 5.10 Å². The number of aryl methyl sites for hydroxylation is 1. The van der Waals surface area contributed by atoms with Crippen molar-refractivity contribution in [2.24, 2.45) is 0 Å². The SMILES string of the molecule is COc1ccc(CCCN2CCN(c3cc4nc(-c5ccco5)nn4c(N)n3)CC2)cc1OC. The number of benzene rings is 1. The van der Waals surface area contributed by atoms with Crippen LogP contribution in [0.5, 0.6) is 11.5 Å². The number of hydrogen-bond acceptors (Lipinski definition) is 9. The fraction of sp³-hybridized carbons (Fsp3) is 0.375. The van der Waals surface area contributed by atoms with Gasteiger partial charge in [0.1, 0.15) is 5.82 Å². The molecular formula is C24H29N7O3. The first-order chi connectivity index (χ1) is 16.6. The summed E-state index contributed by atoms with van der Waals surface area (Å²) in [7, 11) is 3.33. The maximum atomic E-state index is 6.18. The minimum Gasteiger partial charge on any atom is -0.493 e. The zero-order valence-electron chi connectivity index (χ0n) is 19.5. The van der Waals surface area contributed by atoms with Crippen LogP contribution >= 0.6 is 0 Å². The van der Waals surface area contributed by atoms with Crippen LogP contribution < -0.4 is 20.1 Å². The molecule has 0 aliphatic carbocycles. The summed E-state index contributed by atoms with van der Waals surface area (Å²) < 4.78 is 17.7. The van der Waals surface area contributed by atoms with Gasteiger partial charge in [-0.1, -0.05) is 6.07 Å². The van der Waals surface area contributed by atoms with Crippen molar-refractivity contribution in [1.29, 1.82) is 0 Å². The Kier molecular flexibility index (Phi) is 6.22. The van der Waals surface area contributed by atoms with E-state index < -0.39 is 0 Å². The van der Waals surface area contributed by atoms with Gasteiger partial charge in [0, 0.05) is 32.2 Å². The number of methoxy groups -OCH3 is 2. The summed E-state index contributed by atoms with van der Waals surface area (Å²) in [5, 5.41) is 4.41. The second kappa shape index (κ2) is 9.60. The molecule has 1 saturated heterocycles. The van der Waals surface area contributed by atoms with Crippen molar-refractivity contribution in [3.63, 3.8) is 0 Å². The van der Waals surface area contributed by atoms with Crippen molar-refractivity contribution in [2.45, 2.75) is 12.8 Å². The first-order valence-electron chi connectivity index (χ1n) is 11.4. The zero-order valence-corrected chi connectivity index (χ0v) is 19.5. The maximum Gasteiger partial charge on any atom is 0.225 e. The summed E-state index contributed by atoms with van der Waals surface area (Å²) in [6.45, 7) is 4.77. The smallest absolute Gasteiger partial charge is 0.225 e. The first-order valence-corrected chi connectivity index (χ1v) is 11.4. The van der Waals surface area contributed by atoms with Gasteiger partial charge in [0.15, 0.2) is 22.9 Å². The lowest BCUT2D eigenvalue weighted by molar-refractivity contribution is 0.254. The Labute approximate surface area is 197 Å². The number of aromatic nitrogens is 4. The van der Waals surface area contributed by atoms with E-state index >= 15 is 0 Å². The number of nitrogen functional groups attached to an aromatic ring is 1. The highest BCUT2D eigenvalue weighted by atomic mass is 16.5. The molecule has 0 amide bonds. The average molecular weight is 464 g/mol. The molecule has 0 bridgehead atoms. The summed E-state index contributed by atoms with van der Waals surface area (Å²) in [5.74, 6) is 3.78. The molecule has 1 aliphatic heterocycles. The van der Waals surface area contributed by atoms with E-state index in [4.69, 9.17) is 19.6 Å². The molecule has 2 N–H and O–H groups in total. The molecule has 0 radical (unpaired) electrons. The van der Waals surface area contributed by atoms with Gasteiger partial charge in [0.2, 0.25) is 11.8 Å². The predicted octanol–water partition coefficient (Wildman–Crippen LogP) is 2.74. The fourth-order valence-electron chi connectivity index (χ4n) is 4.31. The van der Waals surface area contributed by atoms with Crippen molar-refractivity contribution in [1.82, 2.24) is 24.5 Å². The fourth-order valence-corrected chi connectivity index (χ4v) is 4.31. The number of fused-ring (bicyclic) bond motifs is 1. The van der Waals surface area contributed by atoms with E-state index in [9.17, 15) is 0 Å². The molecule has 10 nitrogen and oxygen atoms in total. The minimum absolute atomic E-state index is 0.315. The molecule has 1 fully saturated rings. The number of nitrogens with zero attached hydrogens (tertiary/aromatic N) is 6. The molecule has 34 heavy (non-hydrogen) atoms. The highest BCUT2D eigenvalue weighted by Gasteiger charge is 2.20. The topological polar surface area (TPSA) is 107 Å². The quantitative estimate of drug-likeness (QED) is 0.422. The number of ether oxygens (including phenoxy) is 2. The third-order valence-electron chi connectivity index (χ3n) is 6.16. The first kappa shape index (κ1) is 22.0. The number of anilines is 2. The molecule has 4 heterocycles. The van der Waals surface area contributed by atoms with E-state index in [2.05, 4.69) is 37.0 Å². The maximum absolute atomic E-state index is 6.18. The van der Waals surface area contributed by atoms with Gasteiger partial charge >= 0.3 is 0 Å². The van der Waals surface area contributed by atoms with Crippen molar-refractivity contribution < 1.29 is 13.9 Å². The van der Waals surface area contributed by atoms with Gasteiger partial charge in [0.25, 0.3) is 0 Å². The molecule has 3 aromatic heterocycles. The Bertz CT molecular complexity index is 1250. The van der Waals surface area contributed by atoms with Gasteiger partial charge in [-0.2, -0.15) is 9.50 Å². The number of piperazine rings is 1. The molecule has 10 heteroatoms. The summed E-state index contributed by atoms with van der Waals surface area (Å²) in [6.07, 6.45) is 3.68. The Balaban J connectivity index is 1.17. The number of nitrogens with two attached hydrogens (primary N) is 1. The van der Waals surface area contributed by atoms with Crippen LogP contribution in [-0.4, -0.2) is 71.4 Å².